The van der Waals surface area contributed by atoms with Gasteiger partial charge in [-0.3, -0.25) is 9.78 Å². The monoisotopic (exact) mass is 288 g/mol. The molecular weight excluding hydrogens is 260 g/mol. The van der Waals surface area contributed by atoms with Crippen LogP contribution in [0.25, 0.3) is 0 Å². The minimum Gasteiger partial charge on any atom is -0.348 e. The zero-order valence-electron chi connectivity index (χ0n) is 13.2. The van der Waals surface area contributed by atoms with Gasteiger partial charge in [-0.15, -0.1) is 0 Å². The number of aromatic nitrogens is 1. The number of nitrogens with zero attached hydrogens (tertiary/aromatic N) is 1. The van der Waals surface area contributed by atoms with Crippen molar-refractivity contribution in [2.45, 2.75) is 64.8 Å². The van der Waals surface area contributed by atoms with E-state index < -0.39 is 0 Å². The molecule has 0 atom stereocenters. The predicted octanol–water partition coefficient (Wildman–Crippen LogP) is 4.39. The third-order valence-electron chi connectivity index (χ3n) is 3.43. The average Bonchev–Trinajstić information content (AvgIpc) is 2.52. The molecule has 1 aromatic heterocycles. The second-order valence-electron chi connectivity index (χ2n) is 5.39. The molecule has 0 saturated carbocycles. The molecule has 116 valence electrons. The maximum atomic E-state index is 11.6. The van der Waals surface area contributed by atoms with Crippen molar-refractivity contribution in [3.05, 3.63) is 42.2 Å². The van der Waals surface area contributed by atoms with Crippen LogP contribution in [0.4, 0.5) is 0 Å². The van der Waals surface area contributed by atoms with Crippen molar-refractivity contribution in [1.29, 1.82) is 0 Å². The molecule has 3 nitrogen and oxygen atoms in total. The molecule has 0 spiro atoms. The summed E-state index contributed by atoms with van der Waals surface area (Å²) in [6.07, 6.45) is 17.3. The molecule has 3 heteroatoms. The molecule has 0 aliphatic heterocycles. The zero-order chi connectivity index (χ0) is 15.2. The summed E-state index contributed by atoms with van der Waals surface area (Å²) in [5.41, 5.74) is 1.02. The first kappa shape index (κ1) is 17.4. The van der Waals surface area contributed by atoms with Crippen molar-refractivity contribution in [2.75, 3.05) is 0 Å². The van der Waals surface area contributed by atoms with Gasteiger partial charge in [-0.25, -0.2) is 0 Å². The predicted molar refractivity (Wildman–Crippen MR) is 87.8 cm³/mol. The number of carbonyl (C=O) groups excluding carboxylic acids is 1. The summed E-state index contributed by atoms with van der Waals surface area (Å²) in [4.78, 5) is 15.6. The third-order valence-corrected chi connectivity index (χ3v) is 3.43. The van der Waals surface area contributed by atoms with Crippen LogP contribution in [0.5, 0.6) is 0 Å². The van der Waals surface area contributed by atoms with E-state index in [2.05, 4.69) is 17.2 Å². The van der Waals surface area contributed by atoms with E-state index >= 15 is 0 Å². The van der Waals surface area contributed by atoms with Crippen LogP contribution in [-0.2, 0) is 11.3 Å². The Labute approximate surface area is 128 Å². The minimum absolute atomic E-state index is 0.0261. The van der Waals surface area contributed by atoms with Gasteiger partial charge < -0.3 is 5.32 Å². The molecule has 0 saturated heterocycles. The highest BCUT2D eigenvalue weighted by atomic mass is 16.1. The number of unbranched alkanes of at least 4 members (excludes halogenated alkanes) is 7. The molecule has 1 aromatic rings. The number of hydrogen-bond acceptors (Lipinski definition) is 2. The molecule has 0 radical (unpaired) electrons. The van der Waals surface area contributed by atoms with Crippen molar-refractivity contribution >= 4 is 5.91 Å². The molecule has 0 aromatic carbocycles. The highest BCUT2D eigenvalue weighted by Gasteiger charge is 1.96. The van der Waals surface area contributed by atoms with Crippen LogP contribution in [0.3, 0.4) is 0 Å². The summed E-state index contributed by atoms with van der Waals surface area (Å²) in [5.74, 6) is -0.0261. The van der Waals surface area contributed by atoms with Gasteiger partial charge in [0.25, 0.3) is 0 Å². The fourth-order valence-corrected chi connectivity index (χ4v) is 2.16. The van der Waals surface area contributed by atoms with Crippen molar-refractivity contribution in [3.63, 3.8) is 0 Å². The average molecular weight is 288 g/mol. The lowest BCUT2D eigenvalue weighted by atomic mass is 10.1. The second-order valence-corrected chi connectivity index (χ2v) is 5.39. The number of pyridine rings is 1. The molecule has 0 fully saturated rings. The van der Waals surface area contributed by atoms with Crippen LogP contribution in [0.1, 0.15) is 63.9 Å². The molecule has 21 heavy (non-hydrogen) atoms. The van der Waals surface area contributed by atoms with E-state index in [1.807, 2.05) is 18.2 Å². The third kappa shape index (κ3) is 9.83. The van der Waals surface area contributed by atoms with Gasteiger partial charge >= 0.3 is 0 Å². The van der Waals surface area contributed by atoms with E-state index in [4.69, 9.17) is 0 Å². The summed E-state index contributed by atoms with van der Waals surface area (Å²) in [6, 6.07) is 3.83. The molecule has 1 N–H and O–H groups in total. The van der Waals surface area contributed by atoms with E-state index in [1.54, 1.807) is 18.5 Å². The molecule has 0 unspecified atom stereocenters. The van der Waals surface area contributed by atoms with E-state index in [0.717, 1.165) is 12.0 Å². The standard InChI is InChI=1S/C18H28N2O/c1-2-3-4-5-6-7-8-9-10-13-18(21)20-16-17-12-11-14-19-15-17/h10-15H,2-9,16H2,1H3,(H,20,21). The Morgan fingerprint density at radius 1 is 1.19 bits per heavy atom. The van der Waals surface area contributed by atoms with Crippen LogP contribution < -0.4 is 5.32 Å². The Balaban J connectivity index is 1.99. The van der Waals surface area contributed by atoms with Crippen molar-refractivity contribution < 1.29 is 4.79 Å². The first-order chi connectivity index (χ1) is 10.3. The van der Waals surface area contributed by atoms with E-state index in [1.165, 1.54) is 44.9 Å². The number of hydrogen-bond donors (Lipinski definition) is 1. The Morgan fingerprint density at radius 3 is 2.67 bits per heavy atom. The van der Waals surface area contributed by atoms with Gasteiger partial charge in [0.2, 0.25) is 5.91 Å². The highest BCUT2D eigenvalue weighted by molar-refractivity contribution is 5.87. The van der Waals surface area contributed by atoms with Gasteiger partial charge in [0.1, 0.15) is 0 Å². The SMILES string of the molecule is CCCCCCCCCC=CC(=O)NCc1cccnc1. The lowest BCUT2D eigenvalue weighted by Gasteiger charge is -2.01. The summed E-state index contributed by atoms with van der Waals surface area (Å²) < 4.78 is 0. The van der Waals surface area contributed by atoms with Crippen LogP contribution >= 0.6 is 0 Å². The maximum absolute atomic E-state index is 11.6. The molecule has 1 rings (SSSR count). The van der Waals surface area contributed by atoms with Gasteiger partial charge in [0.05, 0.1) is 0 Å². The first-order valence-corrected chi connectivity index (χ1v) is 8.16. The van der Waals surface area contributed by atoms with Crippen molar-refractivity contribution in [2.24, 2.45) is 0 Å². The van der Waals surface area contributed by atoms with Crippen molar-refractivity contribution in [1.82, 2.24) is 10.3 Å². The van der Waals surface area contributed by atoms with Gasteiger partial charge in [0, 0.05) is 18.9 Å². The number of carbonyl (C=O) groups is 1. The summed E-state index contributed by atoms with van der Waals surface area (Å²) in [6.45, 7) is 2.78. The van der Waals surface area contributed by atoms with Gasteiger partial charge in [-0.2, -0.15) is 0 Å². The van der Waals surface area contributed by atoms with Gasteiger partial charge in [-0.05, 0) is 30.5 Å². The Morgan fingerprint density at radius 2 is 1.95 bits per heavy atom. The van der Waals surface area contributed by atoms with E-state index in [9.17, 15) is 4.79 Å². The van der Waals surface area contributed by atoms with E-state index in [-0.39, 0.29) is 5.91 Å². The van der Waals surface area contributed by atoms with Crippen molar-refractivity contribution in [3.8, 4) is 0 Å². The Hall–Kier alpha value is -1.64. The van der Waals surface area contributed by atoms with Gasteiger partial charge in [-0.1, -0.05) is 57.6 Å². The molecule has 1 heterocycles. The smallest absolute Gasteiger partial charge is 0.243 e. The topological polar surface area (TPSA) is 42.0 Å². The Kier molecular flexibility index (Phi) is 10.1. The molecular formula is C18H28N2O. The number of rotatable bonds is 11. The molecule has 0 bridgehead atoms. The molecule has 0 aliphatic rings. The lowest BCUT2D eigenvalue weighted by molar-refractivity contribution is -0.116. The fourth-order valence-electron chi connectivity index (χ4n) is 2.16. The van der Waals surface area contributed by atoms with Crippen LogP contribution in [0.2, 0.25) is 0 Å². The lowest BCUT2D eigenvalue weighted by Crippen LogP contribution is -2.20. The van der Waals surface area contributed by atoms with Crippen LogP contribution in [0.15, 0.2) is 36.7 Å². The normalized spacial score (nSPS) is 10.9. The summed E-state index contributed by atoms with van der Waals surface area (Å²) in [5, 5.41) is 2.86. The number of nitrogens with one attached hydrogen (secondary N) is 1. The van der Waals surface area contributed by atoms with Crippen LogP contribution in [-0.4, -0.2) is 10.9 Å². The molecule has 0 aliphatic carbocycles. The summed E-state index contributed by atoms with van der Waals surface area (Å²) >= 11 is 0. The number of amides is 1. The Bertz CT molecular complexity index is 401. The highest BCUT2D eigenvalue weighted by Crippen LogP contribution is 2.08. The summed E-state index contributed by atoms with van der Waals surface area (Å²) in [7, 11) is 0. The zero-order valence-corrected chi connectivity index (χ0v) is 13.2. The minimum atomic E-state index is -0.0261. The first-order valence-electron chi connectivity index (χ1n) is 8.16. The fraction of sp³-hybridized carbons (Fsp3) is 0.556. The second kappa shape index (κ2) is 12.1. The van der Waals surface area contributed by atoms with E-state index in [0.29, 0.717) is 6.54 Å². The van der Waals surface area contributed by atoms with Crippen LogP contribution in [0, 0.1) is 0 Å². The quantitative estimate of drug-likeness (QED) is 0.484. The maximum Gasteiger partial charge on any atom is 0.243 e. The van der Waals surface area contributed by atoms with Gasteiger partial charge in [0.15, 0.2) is 0 Å². The number of allylic oxidation sites excluding steroid dienone is 1. The largest absolute Gasteiger partial charge is 0.348 e. The molecule has 1 amide bonds.